The van der Waals surface area contributed by atoms with Crippen molar-refractivity contribution < 1.29 is 4.74 Å². The highest BCUT2D eigenvalue weighted by molar-refractivity contribution is 7.99. The van der Waals surface area contributed by atoms with Crippen molar-refractivity contribution in [3.8, 4) is 11.4 Å². The fraction of sp³-hybridized carbons (Fsp3) is 0.115. The molecule has 164 valence electrons. The maximum absolute atomic E-state index is 13.6. The Morgan fingerprint density at radius 1 is 1.00 bits per heavy atom. The molecule has 5 aromatic rings. The molecule has 0 fully saturated rings. The van der Waals surface area contributed by atoms with Crippen molar-refractivity contribution in [1.82, 2.24) is 19.2 Å². The van der Waals surface area contributed by atoms with Crippen LogP contribution in [0.15, 0.2) is 88.8 Å². The van der Waals surface area contributed by atoms with Crippen LogP contribution in [0.5, 0.6) is 5.75 Å². The van der Waals surface area contributed by atoms with E-state index in [-0.39, 0.29) is 5.56 Å². The van der Waals surface area contributed by atoms with Crippen LogP contribution >= 0.6 is 11.8 Å². The second kappa shape index (κ2) is 8.96. The first kappa shape index (κ1) is 21.0. The summed E-state index contributed by atoms with van der Waals surface area (Å²) in [4.78, 5) is 13.6. The summed E-state index contributed by atoms with van der Waals surface area (Å²) in [5.41, 5.74) is 3.43. The van der Waals surface area contributed by atoms with Crippen LogP contribution in [0.1, 0.15) is 11.1 Å². The number of nitrogens with zero attached hydrogens (tertiary/aromatic N) is 4. The Balaban J connectivity index is 1.65. The van der Waals surface area contributed by atoms with E-state index < -0.39 is 0 Å². The lowest BCUT2D eigenvalue weighted by molar-refractivity contribution is 0.412. The molecular formula is C26H22N4O2S. The minimum Gasteiger partial charge on any atom is -0.495 e. The van der Waals surface area contributed by atoms with Crippen LogP contribution < -0.4 is 10.3 Å². The molecular weight excluding hydrogens is 432 g/mol. The minimum absolute atomic E-state index is 0.157. The quantitative estimate of drug-likeness (QED) is 0.332. The van der Waals surface area contributed by atoms with Gasteiger partial charge in [-0.05, 0) is 42.3 Å². The van der Waals surface area contributed by atoms with Crippen molar-refractivity contribution in [3.05, 3.63) is 100 Å². The van der Waals surface area contributed by atoms with Crippen LogP contribution in [0.4, 0.5) is 0 Å². The SMILES string of the molecule is COc1ccc(C)cc1-n1c(=O)c2ccccc2n2c(SC/C=C/c3ccccc3)nnc12. The van der Waals surface area contributed by atoms with Crippen molar-refractivity contribution in [2.24, 2.45) is 0 Å². The van der Waals surface area contributed by atoms with E-state index in [0.29, 0.717) is 22.6 Å². The third kappa shape index (κ3) is 3.91. The lowest BCUT2D eigenvalue weighted by Gasteiger charge is -2.14. The normalized spacial score (nSPS) is 11.6. The summed E-state index contributed by atoms with van der Waals surface area (Å²) in [6, 6.07) is 23.5. The predicted molar refractivity (Wildman–Crippen MR) is 134 cm³/mol. The van der Waals surface area contributed by atoms with Crippen molar-refractivity contribution in [2.75, 3.05) is 12.9 Å². The molecule has 33 heavy (non-hydrogen) atoms. The zero-order chi connectivity index (χ0) is 22.8. The van der Waals surface area contributed by atoms with Gasteiger partial charge in [0.15, 0.2) is 5.16 Å². The van der Waals surface area contributed by atoms with Gasteiger partial charge in [0.1, 0.15) is 5.75 Å². The van der Waals surface area contributed by atoms with Crippen molar-refractivity contribution in [2.45, 2.75) is 12.1 Å². The van der Waals surface area contributed by atoms with Gasteiger partial charge in [0.2, 0.25) is 5.78 Å². The number of benzene rings is 3. The average molecular weight is 455 g/mol. The standard InChI is InChI=1S/C26H22N4O2S/c1-18-14-15-23(32-2)22(17-18)29-24(31)20-12-6-7-13-21(20)30-25(29)27-28-26(30)33-16-8-11-19-9-4-3-5-10-19/h3-15,17H,16H2,1-2H3/b11-8+. The lowest BCUT2D eigenvalue weighted by Crippen LogP contribution is -2.22. The van der Waals surface area contributed by atoms with E-state index in [9.17, 15) is 4.79 Å². The van der Waals surface area contributed by atoms with Gasteiger partial charge in [-0.3, -0.25) is 9.20 Å². The number of thioether (sulfide) groups is 1. The van der Waals surface area contributed by atoms with Gasteiger partial charge in [0.05, 0.1) is 23.7 Å². The molecule has 0 spiro atoms. The van der Waals surface area contributed by atoms with E-state index >= 15 is 0 Å². The Morgan fingerprint density at radius 3 is 2.61 bits per heavy atom. The second-order valence-electron chi connectivity index (χ2n) is 7.58. The summed E-state index contributed by atoms with van der Waals surface area (Å²) < 4.78 is 9.10. The van der Waals surface area contributed by atoms with Gasteiger partial charge in [-0.1, -0.05) is 72.4 Å². The Labute approximate surface area is 195 Å². The number of rotatable bonds is 6. The number of para-hydroxylation sites is 1. The highest BCUT2D eigenvalue weighted by atomic mass is 32.2. The zero-order valence-corrected chi connectivity index (χ0v) is 19.1. The predicted octanol–water partition coefficient (Wildman–Crippen LogP) is 5.16. The average Bonchev–Trinajstić information content (AvgIpc) is 3.26. The van der Waals surface area contributed by atoms with Crippen molar-refractivity contribution >= 4 is 34.5 Å². The van der Waals surface area contributed by atoms with Gasteiger partial charge in [-0.25, -0.2) is 4.57 Å². The molecule has 0 saturated heterocycles. The molecule has 2 aromatic heterocycles. The third-order valence-electron chi connectivity index (χ3n) is 5.39. The summed E-state index contributed by atoms with van der Waals surface area (Å²) in [6.07, 6.45) is 4.19. The third-order valence-corrected chi connectivity index (χ3v) is 6.27. The largest absolute Gasteiger partial charge is 0.495 e. The zero-order valence-electron chi connectivity index (χ0n) is 18.3. The number of methoxy groups -OCH3 is 1. The van der Waals surface area contributed by atoms with E-state index in [1.165, 1.54) is 0 Å². The molecule has 0 atom stereocenters. The van der Waals surface area contributed by atoms with Crippen molar-refractivity contribution in [1.29, 1.82) is 0 Å². The molecule has 0 bridgehead atoms. The number of fused-ring (bicyclic) bond motifs is 3. The Bertz CT molecular complexity index is 1540. The molecule has 3 aromatic carbocycles. The first-order chi connectivity index (χ1) is 16.2. The molecule has 5 rings (SSSR count). The fourth-order valence-corrected chi connectivity index (χ4v) is 4.58. The highest BCUT2D eigenvalue weighted by Crippen LogP contribution is 2.28. The van der Waals surface area contributed by atoms with Gasteiger partial charge >= 0.3 is 0 Å². The molecule has 7 heteroatoms. The number of aromatic nitrogens is 4. The van der Waals surface area contributed by atoms with E-state index in [4.69, 9.17) is 4.74 Å². The Kier molecular flexibility index (Phi) is 5.71. The number of aryl methyl sites for hydroxylation is 1. The van der Waals surface area contributed by atoms with Gasteiger partial charge in [0.25, 0.3) is 5.56 Å². The Morgan fingerprint density at radius 2 is 1.79 bits per heavy atom. The monoisotopic (exact) mass is 454 g/mol. The van der Waals surface area contributed by atoms with Crippen LogP contribution in [0.25, 0.3) is 28.4 Å². The summed E-state index contributed by atoms with van der Waals surface area (Å²) in [6.45, 7) is 1.98. The molecule has 0 N–H and O–H groups in total. The molecule has 0 radical (unpaired) electrons. The lowest BCUT2D eigenvalue weighted by atomic mass is 10.2. The fourth-order valence-electron chi connectivity index (χ4n) is 3.84. The van der Waals surface area contributed by atoms with Gasteiger partial charge in [-0.15, -0.1) is 10.2 Å². The molecule has 0 aliphatic rings. The molecule has 0 saturated carbocycles. The van der Waals surface area contributed by atoms with Gasteiger partial charge < -0.3 is 4.74 Å². The number of hydrogen-bond donors (Lipinski definition) is 0. The van der Waals surface area contributed by atoms with E-state index in [2.05, 4.69) is 34.5 Å². The smallest absolute Gasteiger partial charge is 0.267 e. The molecule has 2 heterocycles. The first-order valence-corrected chi connectivity index (χ1v) is 11.5. The molecule has 6 nitrogen and oxygen atoms in total. The van der Waals surface area contributed by atoms with Gasteiger partial charge in [0, 0.05) is 5.75 Å². The molecule has 0 unspecified atom stereocenters. The topological polar surface area (TPSA) is 61.4 Å². The first-order valence-electron chi connectivity index (χ1n) is 10.6. The number of ether oxygens (including phenoxy) is 1. The van der Waals surface area contributed by atoms with Crippen LogP contribution in [0, 0.1) is 6.92 Å². The molecule has 0 aliphatic carbocycles. The second-order valence-corrected chi connectivity index (χ2v) is 8.56. The molecule has 0 aliphatic heterocycles. The van der Waals surface area contributed by atoms with E-state index in [1.54, 1.807) is 23.4 Å². The summed E-state index contributed by atoms with van der Waals surface area (Å²) >= 11 is 1.57. The summed E-state index contributed by atoms with van der Waals surface area (Å²) in [7, 11) is 1.60. The van der Waals surface area contributed by atoms with Crippen LogP contribution in [0.3, 0.4) is 0 Å². The van der Waals surface area contributed by atoms with E-state index in [1.807, 2.05) is 72.0 Å². The van der Waals surface area contributed by atoms with Gasteiger partial charge in [-0.2, -0.15) is 0 Å². The molecule has 0 amide bonds. The summed E-state index contributed by atoms with van der Waals surface area (Å²) in [5, 5.41) is 10.2. The number of hydrogen-bond acceptors (Lipinski definition) is 5. The van der Waals surface area contributed by atoms with E-state index in [0.717, 1.165) is 27.6 Å². The van der Waals surface area contributed by atoms with Crippen LogP contribution in [-0.4, -0.2) is 32.0 Å². The van der Waals surface area contributed by atoms with Crippen molar-refractivity contribution in [3.63, 3.8) is 0 Å². The minimum atomic E-state index is -0.157. The van der Waals surface area contributed by atoms with Crippen LogP contribution in [0.2, 0.25) is 0 Å². The maximum Gasteiger partial charge on any atom is 0.267 e. The highest BCUT2D eigenvalue weighted by Gasteiger charge is 2.19. The Hall–Kier alpha value is -3.84. The van der Waals surface area contributed by atoms with Crippen LogP contribution in [-0.2, 0) is 0 Å². The maximum atomic E-state index is 13.6. The summed E-state index contributed by atoms with van der Waals surface area (Å²) in [5.74, 6) is 1.77.